The lowest BCUT2D eigenvalue weighted by Gasteiger charge is -2.33. The molecule has 5 rings (SSSR count). The standard InChI is InChI=1S/C22H17ClFN3O3/c1-29-14-7-5-11-16(19(14)24)17-12(23)6-8-13-18(17)20(27-21(11)28)22(10-25,30-13)15-4-2-3-9-26-15/h2-9,20H,10,25H2,1H3,(H,27,28)/t20-,22+/m0/s1. The number of fused-ring (bicyclic) bond motifs is 2. The lowest BCUT2D eigenvalue weighted by atomic mass is 9.84. The number of hydrogen-bond acceptors (Lipinski definition) is 5. The average molecular weight is 426 g/mol. The topological polar surface area (TPSA) is 86.5 Å². The summed E-state index contributed by atoms with van der Waals surface area (Å²) in [7, 11) is 1.37. The molecule has 0 radical (unpaired) electrons. The van der Waals surface area contributed by atoms with E-state index in [4.69, 9.17) is 26.8 Å². The van der Waals surface area contributed by atoms with Crippen LogP contribution in [0.1, 0.15) is 27.7 Å². The summed E-state index contributed by atoms with van der Waals surface area (Å²) in [4.78, 5) is 17.6. The minimum Gasteiger partial charge on any atom is -0.494 e. The minimum atomic E-state index is -1.17. The molecule has 0 saturated carbocycles. The van der Waals surface area contributed by atoms with Crippen molar-refractivity contribution in [2.45, 2.75) is 11.6 Å². The van der Waals surface area contributed by atoms with Gasteiger partial charge < -0.3 is 20.5 Å². The SMILES string of the molecule is COc1ccc2c(c1F)-c1c(Cl)ccc3c1[C@H](NC2=O)[C@@](CN)(c1ccccn1)O3. The Bertz CT molecular complexity index is 1190. The second-order valence-electron chi connectivity index (χ2n) is 7.16. The molecular weight excluding hydrogens is 409 g/mol. The highest BCUT2D eigenvalue weighted by atomic mass is 35.5. The number of aromatic nitrogens is 1. The third-order valence-electron chi connectivity index (χ3n) is 5.70. The first-order valence-electron chi connectivity index (χ1n) is 9.32. The Morgan fingerprint density at radius 3 is 2.80 bits per heavy atom. The molecule has 0 unspecified atom stereocenters. The fourth-order valence-corrected chi connectivity index (χ4v) is 4.57. The second-order valence-corrected chi connectivity index (χ2v) is 7.56. The van der Waals surface area contributed by atoms with Crippen LogP contribution in [0.4, 0.5) is 4.39 Å². The van der Waals surface area contributed by atoms with Gasteiger partial charge in [0.2, 0.25) is 0 Å². The molecule has 0 spiro atoms. The third-order valence-corrected chi connectivity index (χ3v) is 6.01. The molecular formula is C22H17ClFN3O3. The van der Waals surface area contributed by atoms with Gasteiger partial charge in [0.25, 0.3) is 5.91 Å². The zero-order valence-corrected chi connectivity index (χ0v) is 16.7. The van der Waals surface area contributed by atoms with E-state index >= 15 is 4.39 Å². The van der Waals surface area contributed by atoms with E-state index in [0.717, 1.165) is 0 Å². The summed E-state index contributed by atoms with van der Waals surface area (Å²) >= 11 is 6.56. The molecule has 3 heterocycles. The number of hydrogen-bond donors (Lipinski definition) is 2. The van der Waals surface area contributed by atoms with E-state index in [1.54, 1.807) is 30.5 Å². The van der Waals surface area contributed by atoms with Gasteiger partial charge in [-0.1, -0.05) is 17.7 Å². The highest BCUT2D eigenvalue weighted by molar-refractivity contribution is 6.34. The van der Waals surface area contributed by atoms with Crippen LogP contribution < -0.4 is 20.5 Å². The fourth-order valence-electron chi connectivity index (χ4n) is 4.31. The molecule has 0 saturated heterocycles. The van der Waals surface area contributed by atoms with Crippen LogP contribution in [0.25, 0.3) is 11.1 Å². The van der Waals surface area contributed by atoms with E-state index in [1.807, 2.05) is 6.07 Å². The van der Waals surface area contributed by atoms with Crippen LogP contribution in [0.15, 0.2) is 48.7 Å². The number of ether oxygens (including phenoxy) is 2. The number of carbonyl (C=O) groups excluding carboxylic acids is 1. The number of amides is 1. The second kappa shape index (κ2) is 6.68. The predicted molar refractivity (Wildman–Crippen MR) is 109 cm³/mol. The number of carbonyl (C=O) groups is 1. The number of methoxy groups -OCH3 is 1. The quantitative estimate of drug-likeness (QED) is 0.669. The van der Waals surface area contributed by atoms with Crippen molar-refractivity contribution in [2.75, 3.05) is 13.7 Å². The first-order valence-corrected chi connectivity index (χ1v) is 9.70. The van der Waals surface area contributed by atoms with E-state index in [2.05, 4.69) is 10.3 Å². The monoisotopic (exact) mass is 425 g/mol. The number of halogens is 2. The van der Waals surface area contributed by atoms with Gasteiger partial charge in [-0.2, -0.15) is 0 Å². The smallest absolute Gasteiger partial charge is 0.252 e. The summed E-state index contributed by atoms with van der Waals surface area (Å²) in [5.74, 6) is -0.647. The molecule has 152 valence electrons. The van der Waals surface area contributed by atoms with Gasteiger partial charge in [-0.3, -0.25) is 9.78 Å². The first kappa shape index (κ1) is 18.8. The molecule has 1 amide bonds. The van der Waals surface area contributed by atoms with Gasteiger partial charge >= 0.3 is 0 Å². The van der Waals surface area contributed by atoms with Gasteiger partial charge in [-0.05, 0) is 36.4 Å². The maximum atomic E-state index is 15.4. The largest absolute Gasteiger partial charge is 0.494 e. The van der Waals surface area contributed by atoms with Crippen molar-refractivity contribution in [1.29, 1.82) is 0 Å². The molecule has 6 nitrogen and oxygen atoms in total. The Balaban J connectivity index is 1.85. The molecule has 3 N–H and O–H groups in total. The van der Waals surface area contributed by atoms with Gasteiger partial charge in [-0.25, -0.2) is 4.39 Å². The molecule has 0 aliphatic carbocycles. The number of pyridine rings is 1. The van der Waals surface area contributed by atoms with E-state index < -0.39 is 23.4 Å². The Hall–Kier alpha value is -3.16. The van der Waals surface area contributed by atoms with Gasteiger partial charge in [0.1, 0.15) is 11.8 Å². The predicted octanol–water partition coefficient (Wildman–Crippen LogP) is 3.58. The minimum absolute atomic E-state index is 0.0161. The maximum Gasteiger partial charge on any atom is 0.252 e. The highest BCUT2D eigenvalue weighted by Gasteiger charge is 2.54. The van der Waals surface area contributed by atoms with Crippen molar-refractivity contribution in [3.05, 3.63) is 76.3 Å². The lowest BCUT2D eigenvalue weighted by molar-refractivity contribution is 0.0521. The summed E-state index contributed by atoms with van der Waals surface area (Å²) in [5.41, 5.74) is 6.77. The molecule has 1 aromatic heterocycles. The van der Waals surface area contributed by atoms with Crippen LogP contribution in [0.2, 0.25) is 5.02 Å². The van der Waals surface area contributed by atoms with E-state index in [0.29, 0.717) is 27.6 Å². The molecule has 2 aliphatic heterocycles. The molecule has 2 atom stereocenters. The summed E-state index contributed by atoms with van der Waals surface area (Å²) in [6.45, 7) is 0.0306. The Morgan fingerprint density at radius 1 is 1.27 bits per heavy atom. The van der Waals surface area contributed by atoms with Crippen molar-refractivity contribution >= 4 is 17.5 Å². The zero-order valence-electron chi connectivity index (χ0n) is 15.9. The molecule has 0 bridgehead atoms. The van der Waals surface area contributed by atoms with Crippen LogP contribution in [-0.4, -0.2) is 24.5 Å². The summed E-state index contributed by atoms with van der Waals surface area (Å²) in [5, 5.41) is 3.27. The van der Waals surface area contributed by atoms with Crippen molar-refractivity contribution in [3.8, 4) is 22.6 Å². The summed E-state index contributed by atoms with van der Waals surface area (Å²) in [6, 6.07) is 10.9. The number of rotatable bonds is 3. The van der Waals surface area contributed by atoms with Crippen LogP contribution in [0.5, 0.6) is 11.5 Å². The maximum absolute atomic E-state index is 15.4. The Kier molecular flexibility index (Phi) is 4.20. The fraction of sp³-hybridized carbons (Fsp3) is 0.182. The lowest BCUT2D eigenvalue weighted by Crippen LogP contribution is -2.49. The Labute approximate surface area is 176 Å². The number of nitrogens with one attached hydrogen (secondary N) is 1. The van der Waals surface area contributed by atoms with Gasteiger partial charge in [-0.15, -0.1) is 0 Å². The molecule has 2 aliphatic rings. The normalized spacial score (nSPS) is 21.2. The highest BCUT2D eigenvalue weighted by Crippen LogP contribution is 2.55. The van der Waals surface area contributed by atoms with E-state index in [1.165, 1.54) is 19.2 Å². The van der Waals surface area contributed by atoms with Crippen LogP contribution in [-0.2, 0) is 5.60 Å². The third kappa shape index (κ3) is 2.39. The number of nitrogens with zero attached hydrogens (tertiary/aromatic N) is 1. The molecule has 30 heavy (non-hydrogen) atoms. The van der Waals surface area contributed by atoms with Crippen LogP contribution in [0, 0.1) is 5.82 Å². The van der Waals surface area contributed by atoms with E-state index in [-0.39, 0.29) is 23.4 Å². The summed E-state index contributed by atoms with van der Waals surface area (Å²) in [6.07, 6.45) is 1.63. The number of nitrogens with two attached hydrogens (primary N) is 1. The van der Waals surface area contributed by atoms with E-state index in [9.17, 15) is 4.79 Å². The van der Waals surface area contributed by atoms with Crippen LogP contribution in [0.3, 0.4) is 0 Å². The van der Waals surface area contributed by atoms with Crippen LogP contribution >= 0.6 is 11.6 Å². The molecule has 8 heteroatoms. The molecule has 3 aromatic rings. The van der Waals surface area contributed by atoms with Crippen molar-refractivity contribution in [1.82, 2.24) is 10.3 Å². The van der Waals surface area contributed by atoms with Gasteiger partial charge in [0.15, 0.2) is 17.2 Å². The summed E-state index contributed by atoms with van der Waals surface area (Å²) < 4.78 is 26.8. The van der Waals surface area contributed by atoms with Crippen molar-refractivity contribution < 1.29 is 18.7 Å². The zero-order chi connectivity index (χ0) is 21.0. The van der Waals surface area contributed by atoms with Gasteiger partial charge in [0.05, 0.1) is 18.4 Å². The van der Waals surface area contributed by atoms with Crippen molar-refractivity contribution in [3.63, 3.8) is 0 Å². The van der Waals surface area contributed by atoms with Gasteiger partial charge in [0, 0.05) is 34.5 Å². The molecule has 2 aromatic carbocycles. The average Bonchev–Trinajstić information content (AvgIpc) is 3.01. The molecule has 0 fully saturated rings. The van der Waals surface area contributed by atoms with Crippen molar-refractivity contribution in [2.24, 2.45) is 5.73 Å². The number of benzene rings is 2. The first-order chi connectivity index (χ1) is 14.5. The Morgan fingerprint density at radius 2 is 2.10 bits per heavy atom.